The SMILES string of the molecule is Cc1ccc(Nc2nnc(C)c(C)n2)cc1C(=O)O. The Bertz CT molecular complexity index is 641. The molecule has 0 atom stereocenters. The molecule has 98 valence electrons. The molecule has 1 aromatic heterocycles. The molecule has 0 bridgehead atoms. The van der Waals surface area contributed by atoms with Crippen LogP contribution >= 0.6 is 0 Å². The lowest BCUT2D eigenvalue weighted by Crippen LogP contribution is -2.05. The Morgan fingerprint density at radius 3 is 2.53 bits per heavy atom. The largest absolute Gasteiger partial charge is 0.478 e. The maximum Gasteiger partial charge on any atom is 0.336 e. The molecule has 0 amide bonds. The first kappa shape index (κ1) is 12.9. The number of nitrogens with one attached hydrogen (secondary N) is 1. The average Bonchev–Trinajstić information content (AvgIpc) is 2.36. The van der Waals surface area contributed by atoms with E-state index in [4.69, 9.17) is 5.11 Å². The smallest absolute Gasteiger partial charge is 0.336 e. The summed E-state index contributed by atoms with van der Waals surface area (Å²) in [5.74, 6) is -0.608. The first-order chi connectivity index (χ1) is 8.97. The van der Waals surface area contributed by atoms with Crippen molar-refractivity contribution < 1.29 is 9.90 Å². The van der Waals surface area contributed by atoms with Gasteiger partial charge in [-0.25, -0.2) is 9.78 Å². The minimum atomic E-state index is -0.958. The standard InChI is InChI=1S/C13H14N4O2/c1-7-4-5-10(6-11(7)12(18)19)15-13-14-8(2)9(3)16-17-13/h4-6H,1-3H3,(H,18,19)(H,14,15,17). The molecule has 2 N–H and O–H groups in total. The van der Waals surface area contributed by atoms with Crippen LogP contribution in [0.5, 0.6) is 0 Å². The molecule has 0 spiro atoms. The van der Waals surface area contributed by atoms with E-state index in [1.54, 1.807) is 25.1 Å². The van der Waals surface area contributed by atoms with Gasteiger partial charge in [-0.2, -0.15) is 5.10 Å². The van der Waals surface area contributed by atoms with Crippen LogP contribution in [0, 0.1) is 20.8 Å². The fraction of sp³-hybridized carbons (Fsp3) is 0.231. The summed E-state index contributed by atoms with van der Waals surface area (Å²) in [5.41, 5.74) is 3.12. The Morgan fingerprint density at radius 1 is 1.16 bits per heavy atom. The molecule has 0 fully saturated rings. The van der Waals surface area contributed by atoms with Crippen molar-refractivity contribution >= 4 is 17.6 Å². The predicted molar refractivity (Wildman–Crippen MR) is 70.7 cm³/mol. The fourth-order valence-corrected chi connectivity index (χ4v) is 1.57. The second kappa shape index (κ2) is 5.01. The van der Waals surface area contributed by atoms with Gasteiger partial charge in [0, 0.05) is 5.69 Å². The van der Waals surface area contributed by atoms with Crippen molar-refractivity contribution in [1.29, 1.82) is 0 Å². The number of aromatic nitrogens is 3. The lowest BCUT2D eigenvalue weighted by molar-refractivity contribution is 0.0696. The summed E-state index contributed by atoms with van der Waals surface area (Å²) in [6, 6.07) is 5.07. The van der Waals surface area contributed by atoms with Gasteiger partial charge >= 0.3 is 5.97 Å². The van der Waals surface area contributed by atoms with Crippen molar-refractivity contribution in [3.63, 3.8) is 0 Å². The van der Waals surface area contributed by atoms with Crippen LogP contribution in [0.4, 0.5) is 11.6 Å². The summed E-state index contributed by atoms with van der Waals surface area (Å²) in [5, 5.41) is 19.9. The third-order valence-corrected chi connectivity index (χ3v) is 2.82. The maximum absolute atomic E-state index is 11.1. The molecule has 2 rings (SSSR count). The third kappa shape index (κ3) is 2.85. The number of aryl methyl sites for hydroxylation is 3. The zero-order valence-corrected chi connectivity index (χ0v) is 10.9. The summed E-state index contributed by atoms with van der Waals surface area (Å²) in [6.07, 6.45) is 0. The van der Waals surface area contributed by atoms with Crippen molar-refractivity contribution in [2.75, 3.05) is 5.32 Å². The molecule has 1 heterocycles. The topological polar surface area (TPSA) is 88.0 Å². The summed E-state index contributed by atoms with van der Waals surface area (Å²) >= 11 is 0. The van der Waals surface area contributed by atoms with Crippen molar-refractivity contribution in [3.8, 4) is 0 Å². The molecule has 0 aliphatic rings. The van der Waals surface area contributed by atoms with E-state index < -0.39 is 5.97 Å². The molecule has 1 aromatic carbocycles. The van der Waals surface area contributed by atoms with Gasteiger partial charge in [0.1, 0.15) is 0 Å². The Hall–Kier alpha value is -2.50. The van der Waals surface area contributed by atoms with Crippen LogP contribution in [-0.4, -0.2) is 26.3 Å². The molecule has 2 aromatic rings. The molecule has 0 saturated carbocycles. The van der Waals surface area contributed by atoms with Gasteiger partial charge < -0.3 is 10.4 Å². The quantitative estimate of drug-likeness (QED) is 0.877. The number of anilines is 2. The van der Waals surface area contributed by atoms with E-state index in [1.807, 2.05) is 13.8 Å². The van der Waals surface area contributed by atoms with Crippen LogP contribution < -0.4 is 5.32 Å². The van der Waals surface area contributed by atoms with Crippen LogP contribution in [0.25, 0.3) is 0 Å². The minimum Gasteiger partial charge on any atom is -0.478 e. The molecule has 0 aliphatic carbocycles. The van der Waals surface area contributed by atoms with E-state index >= 15 is 0 Å². The van der Waals surface area contributed by atoms with Crippen molar-refractivity contribution in [1.82, 2.24) is 15.2 Å². The molecular weight excluding hydrogens is 244 g/mol. The van der Waals surface area contributed by atoms with Gasteiger partial charge in [-0.3, -0.25) is 0 Å². The van der Waals surface area contributed by atoms with Crippen molar-refractivity contribution in [2.45, 2.75) is 20.8 Å². The number of rotatable bonds is 3. The highest BCUT2D eigenvalue weighted by Gasteiger charge is 2.09. The molecule has 6 nitrogen and oxygen atoms in total. The van der Waals surface area contributed by atoms with E-state index in [1.165, 1.54) is 0 Å². The van der Waals surface area contributed by atoms with Gasteiger partial charge in [0.05, 0.1) is 17.0 Å². The Labute approximate surface area is 110 Å². The van der Waals surface area contributed by atoms with Crippen molar-refractivity contribution in [3.05, 3.63) is 40.7 Å². The summed E-state index contributed by atoms with van der Waals surface area (Å²) in [7, 11) is 0. The van der Waals surface area contributed by atoms with Crippen LogP contribution in [0.3, 0.4) is 0 Å². The number of benzene rings is 1. The number of carboxylic acid groups (broad SMARTS) is 1. The summed E-state index contributed by atoms with van der Waals surface area (Å²) in [6.45, 7) is 5.42. The molecule has 6 heteroatoms. The molecular formula is C13H14N4O2. The van der Waals surface area contributed by atoms with Crippen LogP contribution in [0.15, 0.2) is 18.2 Å². The number of carbonyl (C=O) groups is 1. The van der Waals surface area contributed by atoms with Crippen LogP contribution in [0.2, 0.25) is 0 Å². The highest BCUT2D eigenvalue weighted by Crippen LogP contribution is 2.18. The average molecular weight is 258 g/mol. The lowest BCUT2D eigenvalue weighted by atomic mass is 10.1. The molecule has 0 saturated heterocycles. The third-order valence-electron chi connectivity index (χ3n) is 2.82. The predicted octanol–water partition coefficient (Wildman–Crippen LogP) is 2.24. The maximum atomic E-state index is 11.1. The second-order valence-electron chi connectivity index (χ2n) is 4.27. The van der Waals surface area contributed by atoms with E-state index in [2.05, 4.69) is 20.5 Å². The lowest BCUT2D eigenvalue weighted by Gasteiger charge is -2.08. The van der Waals surface area contributed by atoms with E-state index in [0.717, 1.165) is 11.4 Å². The zero-order chi connectivity index (χ0) is 14.0. The fourth-order valence-electron chi connectivity index (χ4n) is 1.57. The number of carboxylic acids is 1. The van der Waals surface area contributed by atoms with Crippen LogP contribution in [0.1, 0.15) is 27.3 Å². The summed E-state index contributed by atoms with van der Waals surface area (Å²) < 4.78 is 0. The van der Waals surface area contributed by atoms with E-state index in [0.29, 0.717) is 17.2 Å². The Balaban J connectivity index is 2.30. The Kier molecular flexibility index (Phi) is 3.41. The van der Waals surface area contributed by atoms with Gasteiger partial charge in [0.15, 0.2) is 0 Å². The minimum absolute atomic E-state index is 0.252. The molecule has 0 aliphatic heterocycles. The van der Waals surface area contributed by atoms with Crippen molar-refractivity contribution in [2.24, 2.45) is 0 Å². The Morgan fingerprint density at radius 2 is 1.89 bits per heavy atom. The first-order valence-electron chi connectivity index (χ1n) is 5.76. The van der Waals surface area contributed by atoms with Gasteiger partial charge in [0.25, 0.3) is 0 Å². The monoisotopic (exact) mass is 258 g/mol. The number of hydrogen-bond acceptors (Lipinski definition) is 5. The van der Waals surface area contributed by atoms with Gasteiger partial charge in [0.2, 0.25) is 5.95 Å². The molecule has 19 heavy (non-hydrogen) atoms. The zero-order valence-electron chi connectivity index (χ0n) is 10.9. The van der Waals surface area contributed by atoms with E-state index in [9.17, 15) is 4.79 Å². The van der Waals surface area contributed by atoms with Crippen LogP contribution in [-0.2, 0) is 0 Å². The van der Waals surface area contributed by atoms with Gasteiger partial charge in [-0.15, -0.1) is 5.10 Å². The van der Waals surface area contributed by atoms with Gasteiger partial charge in [-0.05, 0) is 38.5 Å². The molecule has 0 radical (unpaired) electrons. The first-order valence-corrected chi connectivity index (χ1v) is 5.76. The number of nitrogens with zero attached hydrogens (tertiary/aromatic N) is 3. The summed E-state index contributed by atoms with van der Waals surface area (Å²) in [4.78, 5) is 15.3. The number of hydrogen-bond donors (Lipinski definition) is 2. The number of aromatic carboxylic acids is 1. The second-order valence-corrected chi connectivity index (χ2v) is 4.27. The molecule has 0 unspecified atom stereocenters. The highest BCUT2D eigenvalue weighted by molar-refractivity contribution is 5.90. The van der Waals surface area contributed by atoms with Gasteiger partial charge in [-0.1, -0.05) is 6.07 Å². The normalized spacial score (nSPS) is 10.3. The highest BCUT2D eigenvalue weighted by atomic mass is 16.4. The van der Waals surface area contributed by atoms with E-state index in [-0.39, 0.29) is 5.56 Å².